The summed E-state index contributed by atoms with van der Waals surface area (Å²) in [5.74, 6) is -0.527. The van der Waals surface area contributed by atoms with Gasteiger partial charge in [0.1, 0.15) is 5.82 Å². The summed E-state index contributed by atoms with van der Waals surface area (Å²) in [6.45, 7) is 1.97. The molecule has 2 rings (SSSR count). The molecule has 2 N–H and O–H groups in total. The van der Waals surface area contributed by atoms with Gasteiger partial charge in [-0.15, -0.1) is 0 Å². The van der Waals surface area contributed by atoms with E-state index in [1.165, 1.54) is 6.07 Å². The Kier molecular flexibility index (Phi) is 3.62. The number of nitrogens with one attached hydrogen (secondary N) is 1. The van der Waals surface area contributed by atoms with E-state index in [-0.39, 0.29) is 5.69 Å². The van der Waals surface area contributed by atoms with Crippen LogP contribution in [-0.2, 0) is 0 Å². The van der Waals surface area contributed by atoms with Crippen LogP contribution in [0, 0.1) is 6.92 Å². The second kappa shape index (κ2) is 5.18. The van der Waals surface area contributed by atoms with Gasteiger partial charge in [-0.3, -0.25) is 0 Å². The monoisotopic (exact) mass is 306 g/mol. The predicted octanol–water partition coefficient (Wildman–Crippen LogP) is 3.59. The molecule has 0 bridgehead atoms. The van der Waals surface area contributed by atoms with Gasteiger partial charge in [0.05, 0.1) is 0 Å². The first-order valence-electron chi connectivity index (χ1n) is 5.30. The Morgan fingerprint density at radius 1 is 1.33 bits per heavy atom. The van der Waals surface area contributed by atoms with Crippen molar-refractivity contribution in [3.05, 3.63) is 52.1 Å². The van der Waals surface area contributed by atoms with Crippen LogP contribution in [0.4, 0.5) is 11.5 Å². The zero-order valence-corrected chi connectivity index (χ0v) is 11.2. The highest BCUT2D eigenvalue weighted by atomic mass is 79.9. The molecule has 18 heavy (non-hydrogen) atoms. The number of aryl methyl sites for hydroxylation is 1. The van der Waals surface area contributed by atoms with Gasteiger partial charge >= 0.3 is 5.97 Å². The molecule has 2 aromatic rings. The fourth-order valence-electron chi connectivity index (χ4n) is 1.49. The number of anilines is 2. The van der Waals surface area contributed by atoms with Crippen LogP contribution in [0.15, 0.2) is 40.9 Å². The summed E-state index contributed by atoms with van der Waals surface area (Å²) >= 11 is 3.39. The second-order valence-corrected chi connectivity index (χ2v) is 4.71. The van der Waals surface area contributed by atoms with Gasteiger partial charge in [-0.1, -0.05) is 28.1 Å². The molecule has 92 valence electrons. The number of hydrogen-bond acceptors (Lipinski definition) is 3. The zero-order valence-electron chi connectivity index (χ0n) is 9.64. The molecule has 0 aliphatic rings. The maximum atomic E-state index is 10.8. The number of halogens is 1. The van der Waals surface area contributed by atoms with Crippen molar-refractivity contribution in [3.8, 4) is 0 Å². The Morgan fingerprint density at radius 3 is 2.83 bits per heavy atom. The third-order valence-corrected chi connectivity index (χ3v) is 2.92. The number of aromatic nitrogens is 1. The number of aromatic carboxylic acids is 1. The van der Waals surface area contributed by atoms with Crippen molar-refractivity contribution in [3.63, 3.8) is 0 Å². The molecule has 4 nitrogen and oxygen atoms in total. The van der Waals surface area contributed by atoms with E-state index in [4.69, 9.17) is 5.11 Å². The maximum absolute atomic E-state index is 10.8. The van der Waals surface area contributed by atoms with Crippen molar-refractivity contribution in [2.45, 2.75) is 6.92 Å². The van der Waals surface area contributed by atoms with Crippen LogP contribution in [-0.4, -0.2) is 16.1 Å². The van der Waals surface area contributed by atoms with E-state index < -0.39 is 5.97 Å². The molecule has 0 unspecified atom stereocenters. The third-order valence-electron chi connectivity index (χ3n) is 2.43. The largest absolute Gasteiger partial charge is 0.477 e. The minimum absolute atomic E-state index is 0.0210. The minimum Gasteiger partial charge on any atom is -0.477 e. The van der Waals surface area contributed by atoms with Gasteiger partial charge in [-0.2, -0.15) is 0 Å². The fraction of sp³-hybridized carbons (Fsp3) is 0.0769. The number of rotatable bonds is 3. The Hall–Kier alpha value is -1.88. The van der Waals surface area contributed by atoms with Crippen LogP contribution in [0.2, 0.25) is 0 Å². The van der Waals surface area contributed by atoms with Crippen LogP contribution < -0.4 is 5.32 Å². The first-order valence-corrected chi connectivity index (χ1v) is 6.09. The van der Waals surface area contributed by atoms with E-state index in [1.54, 1.807) is 12.1 Å². The van der Waals surface area contributed by atoms with Gasteiger partial charge in [0.25, 0.3) is 0 Å². The summed E-state index contributed by atoms with van der Waals surface area (Å²) in [4.78, 5) is 14.8. The number of carboxylic acid groups (broad SMARTS) is 1. The van der Waals surface area contributed by atoms with Crippen molar-refractivity contribution < 1.29 is 9.90 Å². The summed E-state index contributed by atoms with van der Waals surface area (Å²) in [7, 11) is 0. The average Bonchev–Trinajstić information content (AvgIpc) is 2.34. The zero-order chi connectivity index (χ0) is 13.1. The Labute approximate surface area is 113 Å². The molecule has 0 radical (unpaired) electrons. The molecule has 0 saturated carbocycles. The number of benzene rings is 1. The summed E-state index contributed by atoms with van der Waals surface area (Å²) in [6.07, 6.45) is 0. The second-order valence-electron chi connectivity index (χ2n) is 3.80. The Morgan fingerprint density at radius 2 is 2.11 bits per heavy atom. The van der Waals surface area contributed by atoms with Gasteiger partial charge < -0.3 is 10.4 Å². The first-order chi connectivity index (χ1) is 8.56. The number of pyridine rings is 1. The highest BCUT2D eigenvalue weighted by molar-refractivity contribution is 9.10. The SMILES string of the molecule is Cc1ccc(Br)cc1Nc1cccc(C(=O)O)n1. The fourth-order valence-corrected chi connectivity index (χ4v) is 1.85. The van der Waals surface area contributed by atoms with Crippen LogP contribution >= 0.6 is 15.9 Å². The molecule has 0 saturated heterocycles. The molecule has 0 aliphatic heterocycles. The molecule has 5 heteroatoms. The van der Waals surface area contributed by atoms with Crippen LogP contribution in [0.5, 0.6) is 0 Å². The van der Waals surface area contributed by atoms with Crippen molar-refractivity contribution in [2.75, 3.05) is 5.32 Å². The topological polar surface area (TPSA) is 62.2 Å². The minimum atomic E-state index is -1.04. The number of carbonyl (C=O) groups is 1. The highest BCUT2D eigenvalue weighted by Crippen LogP contribution is 2.23. The van der Waals surface area contributed by atoms with Gasteiger partial charge in [0, 0.05) is 10.2 Å². The Balaban J connectivity index is 2.31. The van der Waals surface area contributed by atoms with Crippen LogP contribution in [0.3, 0.4) is 0 Å². The lowest BCUT2D eigenvalue weighted by atomic mass is 10.2. The molecule has 0 spiro atoms. The van der Waals surface area contributed by atoms with Crippen molar-refractivity contribution in [1.29, 1.82) is 0 Å². The van der Waals surface area contributed by atoms with E-state index in [0.717, 1.165) is 15.7 Å². The third kappa shape index (κ3) is 2.87. The lowest BCUT2D eigenvalue weighted by Gasteiger charge is -2.09. The van der Waals surface area contributed by atoms with Crippen LogP contribution in [0.1, 0.15) is 16.1 Å². The number of nitrogens with zero attached hydrogens (tertiary/aromatic N) is 1. The van der Waals surface area contributed by atoms with Gasteiger partial charge in [-0.25, -0.2) is 9.78 Å². The van der Waals surface area contributed by atoms with Crippen molar-refractivity contribution >= 4 is 33.4 Å². The standard InChI is InChI=1S/C13H11BrN2O2/c1-8-5-6-9(14)7-11(8)16-12-4-2-3-10(15-12)13(17)18/h2-7H,1H3,(H,15,16)(H,17,18). The molecular formula is C13H11BrN2O2. The van der Waals surface area contributed by atoms with E-state index in [9.17, 15) is 4.79 Å². The molecule has 0 amide bonds. The van der Waals surface area contributed by atoms with Crippen molar-refractivity contribution in [1.82, 2.24) is 4.98 Å². The molecule has 1 aromatic carbocycles. The van der Waals surface area contributed by atoms with Crippen molar-refractivity contribution in [2.24, 2.45) is 0 Å². The lowest BCUT2D eigenvalue weighted by molar-refractivity contribution is 0.0690. The van der Waals surface area contributed by atoms with Gasteiger partial charge in [-0.05, 0) is 36.8 Å². The lowest BCUT2D eigenvalue weighted by Crippen LogP contribution is -2.03. The predicted molar refractivity (Wildman–Crippen MR) is 73.4 cm³/mol. The normalized spacial score (nSPS) is 10.1. The quantitative estimate of drug-likeness (QED) is 0.909. The van der Waals surface area contributed by atoms with E-state index in [0.29, 0.717) is 5.82 Å². The van der Waals surface area contributed by atoms with Crippen LogP contribution in [0.25, 0.3) is 0 Å². The summed E-state index contributed by atoms with van der Waals surface area (Å²) in [6, 6.07) is 10.7. The molecule has 1 aromatic heterocycles. The number of hydrogen-bond donors (Lipinski definition) is 2. The molecule has 1 heterocycles. The highest BCUT2D eigenvalue weighted by Gasteiger charge is 2.06. The molecule has 0 fully saturated rings. The number of carboxylic acids is 1. The van der Waals surface area contributed by atoms with E-state index in [1.807, 2.05) is 25.1 Å². The molecular weight excluding hydrogens is 296 g/mol. The molecule has 0 atom stereocenters. The summed E-state index contributed by atoms with van der Waals surface area (Å²) in [5.41, 5.74) is 1.97. The smallest absolute Gasteiger partial charge is 0.354 e. The summed E-state index contributed by atoms with van der Waals surface area (Å²) in [5, 5.41) is 12.0. The maximum Gasteiger partial charge on any atom is 0.354 e. The van der Waals surface area contributed by atoms with E-state index >= 15 is 0 Å². The van der Waals surface area contributed by atoms with E-state index in [2.05, 4.69) is 26.2 Å². The average molecular weight is 307 g/mol. The summed E-state index contributed by atoms with van der Waals surface area (Å²) < 4.78 is 0.949. The first kappa shape index (κ1) is 12.6. The van der Waals surface area contributed by atoms with Gasteiger partial charge in [0.2, 0.25) is 0 Å². The van der Waals surface area contributed by atoms with Gasteiger partial charge in [0.15, 0.2) is 5.69 Å². The Bertz CT molecular complexity index is 599. The molecule has 0 aliphatic carbocycles.